The fourth-order valence-electron chi connectivity index (χ4n) is 2.67. The lowest BCUT2D eigenvalue weighted by Crippen LogP contribution is -2.17. The molecule has 4 aromatic rings. The first-order valence-electron chi connectivity index (χ1n) is 8.48. The van der Waals surface area contributed by atoms with Crippen molar-refractivity contribution in [2.45, 2.75) is 4.90 Å². The summed E-state index contributed by atoms with van der Waals surface area (Å²) < 4.78 is 32.9. The third-order valence-corrected chi connectivity index (χ3v) is 6.30. The number of oxazole rings is 1. The summed E-state index contributed by atoms with van der Waals surface area (Å²) in [7, 11) is -3.79. The summed E-state index contributed by atoms with van der Waals surface area (Å²) in [6.07, 6.45) is 2.91. The van der Waals surface area contributed by atoms with E-state index in [2.05, 4.69) is 15.0 Å². The molecule has 2 heterocycles. The largest absolute Gasteiger partial charge is 0.444 e. The molecule has 9 heteroatoms. The number of hydrogen-bond acceptors (Lipinski definition) is 6. The summed E-state index contributed by atoms with van der Waals surface area (Å²) in [6, 6.07) is 16.6. The topological polar surface area (TPSA) is 101 Å². The zero-order valence-electron chi connectivity index (χ0n) is 14.9. The van der Waals surface area contributed by atoms with Crippen LogP contribution in [0.4, 0.5) is 11.4 Å². The van der Waals surface area contributed by atoms with Crippen molar-refractivity contribution >= 4 is 38.6 Å². The number of carbonyl (C=O) groups excluding carboxylic acids is 1. The number of thiophene rings is 1. The van der Waals surface area contributed by atoms with E-state index in [0.29, 0.717) is 11.4 Å². The highest BCUT2D eigenvalue weighted by Crippen LogP contribution is 2.27. The molecule has 0 fully saturated rings. The average molecular weight is 425 g/mol. The van der Waals surface area contributed by atoms with Gasteiger partial charge < -0.3 is 9.73 Å². The second kappa shape index (κ2) is 7.90. The lowest BCUT2D eigenvalue weighted by Gasteiger charge is -2.10. The number of nitrogens with zero attached hydrogens (tertiary/aromatic N) is 1. The molecule has 0 aliphatic carbocycles. The predicted molar refractivity (Wildman–Crippen MR) is 111 cm³/mol. The molecule has 0 aliphatic rings. The Morgan fingerprint density at radius 3 is 2.62 bits per heavy atom. The van der Waals surface area contributed by atoms with Crippen LogP contribution in [-0.4, -0.2) is 19.3 Å². The maximum Gasteiger partial charge on any atom is 0.267 e. The highest BCUT2D eigenvalue weighted by atomic mass is 32.2. The fraction of sp³-hybridized carbons (Fsp3) is 0. The van der Waals surface area contributed by atoms with Gasteiger partial charge in [-0.25, -0.2) is 13.4 Å². The SMILES string of the molecule is O=C(Nc1cccc(-c2cnco2)c1)c1sccc1NS(=O)(=O)c1ccccc1. The van der Waals surface area contributed by atoms with Crippen LogP contribution in [-0.2, 0) is 10.0 Å². The Bertz CT molecular complexity index is 1230. The van der Waals surface area contributed by atoms with Gasteiger partial charge in [-0.2, -0.15) is 0 Å². The van der Waals surface area contributed by atoms with Gasteiger partial charge in [0.05, 0.1) is 16.8 Å². The number of nitrogens with one attached hydrogen (secondary N) is 2. The van der Waals surface area contributed by atoms with Crippen molar-refractivity contribution in [3.63, 3.8) is 0 Å². The van der Waals surface area contributed by atoms with Crippen molar-refractivity contribution in [3.05, 3.63) is 83.5 Å². The molecular weight excluding hydrogens is 410 g/mol. The van der Waals surface area contributed by atoms with Crippen LogP contribution in [0.15, 0.2) is 87.9 Å². The summed E-state index contributed by atoms with van der Waals surface area (Å²) in [5.41, 5.74) is 1.54. The molecule has 0 unspecified atom stereocenters. The molecule has 0 aliphatic heterocycles. The number of aromatic nitrogens is 1. The zero-order valence-corrected chi connectivity index (χ0v) is 16.5. The molecule has 0 radical (unpaired) electrons. The molecule has 2 aromatic heterocycles. The van der Waals surface area contributed by atoms with Gasteiger partial charge in [-0.3, -0.25) is 9.52 Å². The quantitative estimate of drug-likeness (QED) is 0.475. The first-order valence-corrected chi connectivity index (χ1v) is 10.8. The molecule has 29 heavy (non-hydrogen) atoms. The maximum atomic E-state index is 12.7. The van der Waals surface area contributed by atoms with Gasteiger partial charge in [-0.1, -0.05) is 30.3 Å². The molecule has 146 valence electrons. The average Bonchev–Trinajstić information content (AvgIpc) is 3.41. The minimum absolute atomic E-state index is 0.123. The third-order valence-electron chi connectivity index (χ3n) is 4.01. The van der Waals surface area contributed by atoms with Gasteiger partial charge in [0.15, 0.2) is 12.2 Å². The number of hydrogen-bond donors (Lipinski definition) is 2. The van der Waals surface area contributed by atoms with E-state index in [9.17, 15) is 13.2 Å². The first-order chi connectivity index (χ1) is 14.0. The number of amides is 1. The number of rotatable bonds is 6. The van der Waals surface area contributed by atoms with Crippen molar-refractivity contribution < 1.29 is 17.6 Å². The van der Waals surface area contributed by atoms with Crippen molar-refractivity contribution in [1.82, 2.24) is 4.98 Å². The lowest BCUT2D eigenvalue weighted by atomic mass is 10.1. The van der Waals surface area contributed by atoms with E-state index in [0.717, 1.165) is 16.9 Å². The predicted octanol–water partition coefficient (Wildman–Crippen LogP) is 4.46. The molecule has 0 spiro atoms. The van der Waals surface area contributed by atoms with Gasteiger partial charge in [0.25, 0.3) is 15.9 Å². The lowest BCUT2D eigenvalue weighted by molar-refractivity contribution is 0.103. The van der Waals surface area contributed by atoms with Gasteiger partial charge in [0.1, 0.15) is 4.88 Å². The van der Waals surface area contributed by atoms with Crippen molar-refractivity contribution in [1.29, 1.82) is 0 Å². The molecule has 7 nitrogen and oxygen atoms in total. The van der Waals surface area contributed by atoms with E-state index in [-0.39, 0.29) is 15.5 Å². The van der Waals surface area contributed by atoms with Crippen LogP contribution in [0.3, 0.4) is 0 Å². The van der Waals surface area contributed by atoms with Crippen LogP contribution in [0.2, 0.25) is 0 Å². The molecule has 2 aromatic carbocycles. The van der Waals surface area contributed by atoms with Crippen molar-refractivity contribution in [3.8, 4) is 11.3 Å². The minimum atomic E-state index is -3.79. The summed E-state index contributed by atoms with van der Waals surface area (Å²) in [4.78, 5) is 17.0. The molecule has 1 amide bonds. The fourth-order valence-corrected chi connectivity index (χ4v) is 4.57. The van der Waals surface area contributed by atoms with E-state index >= 15 is 0 Å². The zero-order chi connectivity index (χ0) is 20.3. The summed E-state index contributed by atoms with van der Waals surface area (Å²) in [5.74, 6) is 0.161. The Morgan fingerprint density at radius 2 is 1.86 bits per heavy atom. The highest BCUT2D eigenvalue weighted by molar-refractivity contribution is 7.92. The molecule has 0 bridgehead atoms. The monoisotopic (exact) mass is 425 g/mol. The van der Waals surface area contributed by atoms with Crippen LogP contribution in [0.25, 0.3) is 11.3 Å². The number of carbonyl (C=O) groups is 1. The first kappa shape index (κ1) is 18.9. The van der Waals surface area contributed by atoms with E-state index < -0.39 is 15.9 Å². The Hall–Kier alpha value is -3.43. The van der Waals surface area contributed by atoms with Crippen molar-refractivity contribution in [2.24, 2.45) is 0 Å². The molecule has 2 N–H and O–H groups in total. The van der Waals surface area contributed by atoms with E-state index in [1.165, 1.54) is 18.5 Å². The van der Waals surface area contributed by atoms with Gasteiger partial charge in [-0.15, -0.1) is 11.3 Å². The van der Waals surface area contributed by atoms with Crippen LogP contribution in [0.1, 0.15) is 9.67 Å². The Balaban J connectivity index is 1.54. The van der Waals surface area contributed by atoms with Gasteiger partial charge in [0.2, 0.25) is 0 Å². The van der Waals surface area contributed by atoms with E-state index in [1.807, 2.05) is 6.07 Å². The van der Waals surface area contributed by atoms with Gasteiger partial charge in [-0.05, 0) is 35.7 Å². The third kappa shape index (κ3) is 4.20. The van der Waals surface area contributed by atoms with Crippen LogP contribution >= 0.6 is 11.3 Å². The van der Waals surface area contributed by atoms with E-state index in [1.54, 1.807) is 54.0 Å². The summed E-state index contributed by atoms with van der Waals surface area (Å²) in [5, 5.41) is 4.44. The molecule has 0 saturated carbocycles. The van der Waals surface area contributed by atoms with Gasteiger partial charge >= 0.3 is 0 Å². The van der Waals surface area contributed by atoms with Crippen LogP contribution in [0.5, 0.6) is 0 Å². The molecule has 0 saturated heterocycles. The van der Waals surface area contributed by atoms with Crippen LogP contribution < -0.4 is 10.0 Å². The molecular formula is C20H15N3O4S2. The van der Waals surface area contributed by atoms with Crippen LogP contribution in [0, 0.1) is 0 Å². The molecule has 0 atom stereocenters. The van der Waals surface area contributed by atoms with Gasteiger partial charge in [0, 0.05) is 11.3 Å². The van der Waals surface area contributed by atoms with Crippen molar-refractivity contribution in [2.75, 3.05) is 10.0 Å². The second-order valence-electron chi connectivity index (χ2n) is 5.98. The Morgan fingerprint density at radius 1 is 1.03 bits per heavy atom. The maximum absolute atomic E-state index is 12.7. The normalized spacial score (nSPS) is 11.2. The minimum Gasteiger partial charge on any atom is -0.444 e. The Kier molecular flexibility index (Phi) is 5.15. The molecule has 4 rings (SSSR count). The number of benzene rings is 2. The number of sulfonamides is 1. The number of anilines is 2. The smallest absolute Gasteiger partial charge is 0.267 e. The standard InChI is InChI=1S/C20H15N3O4S2/c24-20(22-15-6-4-5-14(11-15)18-12-21-13-27-18)19-17(9-10-28-19)23-29(25,26)16-7-2-1-3-8-16/h1-13,23H,(H,22,24). The second-order valence-corrected chi connectivity index (χ2v) is 8.58. The highest BCUT2D eigenvalue weighted by Gasteiger charge is 2.20. The van der Waals surface area contributed by atoms with E-state index in [4.69, 9.17) is 4.42 Å². The summed E-state index contributed by atoms with van der Waals surface area (Å²) >= 11 is 1.15. The summed E-state index contributed by atoms with van der Waals surface area (Å²) in [6.45, 7) is 0. The Labute approximate surface area is 171 Å².